The highest BCUT2D eigenvalue weighted by atomic mass is 32.1. The Bertz CT molecular complexity index is 510. The third-order valence-electron chi connectivity index (χ3n) is 3.72. The van der Waals surface area contributed by atoms with E-state index in [4.69, 9.17) is 4.74 Å². The lowest BCUT2D eigenvalue weighted by molar-refractivity contribution is -0.0317. The second-order valence-corrected chi connectivity index (χ2v) is 7.88. The third kappa shape index (κ3) is 4.43. The molecule has 1 N–H and O–H groups in total. The lowest BCUT2D eigenvalue weighted by Gasteiger charge is -2.36. The first-order valence-electron chi connectivity index (χ1n) is 7.88. The minimum Gasteiger partial charge on any atom is -0.375 e. The van der Waals surface area contributed by atoms with Crippen molar-refractivity contribution >= 4 is 17.4 Å². The van der Waals surface area contributed by atoms with Crippen LogP contribution < -0.4 is 5.32 Å². The number of ether oxygens (including phenoxy) is 1. The van der Waals surface area contributed by atoms with Gasteiger partial charge < -0.3 is 15.0 Å². The molecular formula is C16H27N3O2S. The van der Waals surface area contributed by atoms with Crippen LogP contribution in [0.1, 0.15) is 45.3 Å². The van der Waals surface area contributed by atoms with Gasteiger partial charge in [0.15, 0.2) is 0 Å². The maximum Gasteiger partial charge on any atom is 0.317 e. The van der Waals surface area contributed by atoms with Crippen molar-refractivity contribution < 1.29 is 9.53 Å². The summed E-state index contributed by atoms with van der Waals surface area (Å²) in [7, 11) is 0. The average molecular weight is 325 g/mol. The van der Waals surface area contributed by atoms with Crippen molar-refractivity contribution in [1.29, 1.82) is 0 Å². The van der Waals surface area contributed by atoms with E-state index in [1.54, 1.807) is 11.3 Å². The van der Waals surface area contributed by atoms with E-state index < -0.39 is 0 Å². The van der Waals surface area contributed by atoms with Crippen LogP contribution in [-0.4, -0.2) is 47.8 Å². The number of amides is 2. The van der Waals surface area contributed by atoms with Gasteiger partial charge in [-0.15, -0.1) is 11.3 Å². The number of urea groups is 1. The Labute approximate surface area is 137 Å². The van der Waals surface area contributed by atoms with E-state index in [1.807, 2.05) is 18.7 Å². The number of thiazole rings is 1. The van der Waals surface area contributed by atoms with E-state index in [0.29, 0.717) is 19.7 Å². The van der Waals surface area contributed by atoms with Crippen molar-refractivity contribution in [3.63, 3.8) is 0 Å². The molecule has 0 unspecified atom stereocenters. The molecule has 0 aliphatic carbocycles. The quantitative estimate of drug-likeness (QED) is 0.930. The summed E-state index contributed by atoms with van der Waals surface area (Å²) in [5.74, 6) is 0. The van der Waals surface area contributed by atoms with E-state index in [-0.39, 0.29) is 23.6 Å². The van der Waals surface area contributed by atoms with Crippen molar-refractivity contribution in [1.82, 2.24) is 15.2 Å². The minimum absolute atomic E-state index is 0.00563. The Balaban J connectivity index is 1.80. The van der Waals surface area contributed by atoms with Crippen LogP contribution in [0, 0.1) is 0 Å². The summed E-state index contributed by atoms with van der Waals surface area (Å²) in [6.07, 6.45) is 0.877. The first kappa shape index (κ1) is 17.2. The highest BCUT2D eigenvalue weighted by Crippen LogP contribution is 2.25. The molecule has 0 aromatic carbocycles. The van der Waals surface area contributed by atoms with Gasteiger partial charge in [0, 0.05) is 30.3 Å². The fourth-order valence-electron chi connectivity index (χ4n) is 2.35. The smallest absolute Gasteiger partial charge is 0.317 e. The Morgan fingerprint density at radius 3 is 2.86 bits per heavy atom. The number of carbonyl (C=O) groups is 1. The van der Waals surface area contributed by atoms with E-state index in [1.165, 1.54) is 0 Å². The molecule has 5 nitrogen and oxygen atoms in total. The summed E-state index contributed by atoms with van der Waals surface area (Å²) in [6, 6.07) is 0.122. The maximum atomic E-state index is 12.3. The first-order chi connectivity index (χ1) is 10.3. The SMILES string of the molecule is C[C@H]1CN(C(=O)NCCc2csc(C(C)(C)C)n2)[C@@H](C)CO1. The second-order valence-electron chi connectivity index (χ2n) is 7.02. The maximum absolute atomic E-state index is 12.3. The van der Waals surface area contributed by atoms with Gasteiger partial charge in [-0.3, -0.25) is 0 Å². The number of morpholine rings is 1. The monoisotopic (exact) mass is 325 g/mol. The molecule has 2 atom stereocenters. The van der Waals surface area contributed by atoms with Crippen LogP contribution in [0.25, 0.3) is 0 Å². The number of nitrogens with one attached hydrogen (secondary N) is 1. The molecule has 1 aliphatic rings. The fourth-order valence-corrected chi connectivity index (χ4v) is 3.29. The lowest BCUT2D eigenvalue weighted by atomic mass is 9.98. The van der Waals surface area contributed by atoms with Crippen LogP contribution in [0.3, 0.4) is 0 Å². The fraction of sp³-hybridized carbons (Fsp3) is 0.750. The van der Waals surface area contributed by atoms with Gasteiger partial charge in [-0.25, -0.2) is 9.78 Å². The van der Waals surface area contributed by atoms with Crippen LogP contribution in [0.5, 0.6) is 0 Å². The van der Waals surface area contributed by atoms with E-state index in [0.717, 1.165) is 17.1 Å². The molecule has 22 heavy (non-hydrogen) atoms. The predicted octanol–water partition coefficient (Wildman–Crippen LogP) is 2.80. The van der Waals surface area contributed by atoms with Gasteiger partial charge in [-0.1, -0.05) is 20.8 Å². The molecule has 2 amide bonds. The molecule has 0 spiro atoms. The van der Waals surface area contributed by atoms with Crippen LogP contribution in [0.15, 0.2) is 5.38 Å². The molecule has 6 heteroatoms. The zero-order valence-electron chi connectivity index (χ0n) is 14.2. The van der Waals surface area contributed by atoms with Crippen LogP contribution in [-0.2, 0) is 16.6 Å². The Morgan fingerprint density at radius 1 is 1.50 bits per heavy atom. The van der Waals surface area contributed by atoms with Gasteiger partial charge >= 0.3 is 6.03 Å². The Morgan fingerprint density at radius 2 is 2.23 bits per heavy atom. The first-order valence-corrected chi connectivity index (χ1v) is 8.76. The standard InChI is InChI=1S/C16H27N3O2S/c1-11-9-21-12(2)8-19(11)15(20)17-7-6-13-10-22-14(18-13)16(3,4)5/h10-12H,6-9H2,1-5H3,(H,17,20)/t11-,12-/m0/s1. The molecule has 0 saturated carbocycles. The molecule has 1 saturated heterocycles. The molecule has 0 bridgehead atoms. The molecule has 2 rings (SSSR count). The van der Waals surface area contributed by atoms with Crippen molar-refractivity contribution in [2.45, 2.75) is 58.6 Å². The van der Waals surface area contributed by atoms with Crippen LogP contribution in [0.2, 0.25) is 0 Å². The average Bonchev–Trinajstić information content (AvgIpc) is 2.90. The Hall–Kier alpha value is -1.14. The topological polar surface area (TPSA) is 54.5 Å². The van der Waals surface area contributed by atoms with E-state index in [9.17, 15) is 4.79 Å². The van der Waals surface area contributed by atoms with Crippen molar-refractivity contribution in [2.75, 3.05) is 19.7 Å². The summed E-state index contributed by atoms with van der Waals surface area (Å²) >= 11 is 1.69. The molecule has 0 radical (unpaired) electrons. The molecule has 1 aromatic rings. The number of carbonyl (C=O) groups excluding carboxylic acids is 1. The van der Waals surface area contributed by atoms with Gasteiger partial charge in [0.2, 0.25) is 0 Å². The summed E-state index contributed by atoms with van der Waals surface area (Å²) < 4.78 is 5.55. The van der Waals surface area contributed by atoms with Crippen LogP contribution >= 0.6 is 11.3 Å². The molecular weight excluding hydrogens is 298 g/mol. The van der Waals surface area contributed by atoms with Crippen LogP contribution in [0.4, 0.5) is 4.79 Å². The predicted molar refractivity (Wildman–Crippen MR) is 89.5 cm³/mol. The number of rotatable bonds is 3. The zero-order valence-corrected chi connectivity index (χ0v) is 15.0. The van der Waals surface area contributed by atoms with Gasteiger partial charge in [0.1, 0.15) is 0 Å². The third-order valence-corrected chi connectivity index (χ3v) is 5.04. The highest BCUT2D eigenvalue weighted by molar-refractivity contribution is 7.09. The van der Waals surface area contributed by atoms with Gasteiger partial charge in [-0.05, 0) is 13.8 Å². The number of nitrogens with zero attached hydrogens (tertiary/aromatic N) is 2. The van der Waals surface area contributed by atoms with Gasteiger partial charge in [0.25, 0.3) is 0 Å². The second kappa shape index (κ2) is 6.96. The lowest BCUT2D eigenvalue weighted by Crippen LogP contribution is -2.53. The Kier molecular flexibility index (Phi) is 5.45. The molecule has 1 fully saturated rings. The highest BCUT2D eigenvalue weighted by Gasteiger charge is 2.27. The summed E-state index contributed by atoms with van der Waals surface area (Å²) in [5.41, 5.74) is 1.14. The normalized spacial score (nSPS) is 22.7. The van der Waals surface area contributed by atoms with E-state index >= 15 is 0 Å². The van der Waals surface area contributed by atoms with Gasteiger partial charge in [-0.2, -0.15) is 0 Å². The number of hydrogen-bond acceptors (Lipinski definition) is 4. The van der Waals surface area contributed by atoms with Crippen molar-refractivity contribution in [2.24, 2.45) is 0 Å². The number of hydrogen-bond donors (Lipinski definition) is 1. The van der Waals surface area contributed by atoms with E-state index in [2.05, 4.69) is 36.5 Å². The molecule has 2 heterocycles. The number of aromatic nitrogens is 1. The summed E-state index contributed by atoms with van der Waals surface area (Å²) in [5, 5.41) is 6.23. The largest absolute Gasteiger partial charge is 0.375 e. The van der Waals surface area contributed by atoms with Crippen molar-refractivity contribution in [3.8, 4) is 0 Å². The van der Waals surface area contributed by atoms with Gasteiger partial charge in [0.05, 0.1) is 29.5 Å². The molecule has 1 aliphatic heterocycles. The molecule has 1 aromatic heterocycles. The molecule has 124 valence electrons. The summed E-state index contributed by atoms with van der Waals surface area (Å²) in [6.45, 7) is 12.4. The minimum atomic E-state index is -0.00563. The zero-order chi connectivity index (χ0) is 16.3. The summed E-state index contributed by atoms with van der Waals surface area (Å²) in [4.78, 5) is 18.8. The van der Waals surface area contributed by atoms with Crippen molar-refractivity contribution in [3.05, 3.63) is 16.1 Å².